The summed E-state index contributed by atoms with van der Waals surface area (Å²) in [6.45, 7) is 8.84. The van der Waals surface area contributed by atoms with Gasteiger partial charge in [0.2, 0.25) is 0 Å². The van der Waals surface area contributed by atoms with E-state index in [1.807, 2.05) is 0 Å². The van der Waals surface area contributed by atoms with Crippen molar-refractivity contribution in [1.82, 2.24) is 5.32 Å². The fraction of sp³-hybridized carbons (Fsp3) is 0.812. The van der Waals surface area contributed by atoms with E-state index in [1.54, 1.807) is 0 Å². The predicted octanol–water partition coefficient (Wildman–Crippen LogP) is 3.47. The third-order valence-corrected chi connectivity index (χ3v) is 4.96. The van der Waals surface area contributed by atoms with Crippen LogP contribution in [0.3, 0.4) is 0 Å². The summed E-state index contributed by atoms with van der Waals surface area (Å²) >= 11 is 0. The molecule has 0 aromatic heterocycles. The van der Waals surface area contributed by atoms with Crippen molar-refractivity contribution in [3.05, 3.63) is 12.3 Å². The van der Waals surface area contributed by atoms with Gasteiger partial charge >= 0.3 is 5.97 Å². The second-order valence-electron chi connectivity index (χ2n) is 5.91. The van der Waals surface area contributed by atoms with Crippen LogP contribution in [0.25, 0.3) is 0 Å². The van der Waals surface area contributed by atoms with Gasteiger partial charge in [-0.3, -0.25) is 0 Å². The number of hydrogen-bond acceptors (Lipinski definition) is 3. The first-order chi connectivity index (χ1) is 9.44. The van der Waals surface area contributed by atoms with Crippen molar-refractivity contribution in [3.8, 4) is 0 Å². The average Bonchev–Trinajstić information content (AvgIpc) is 2.46. The molecule has 4 nitrogen and oxygen atoms in total. The van der Waals surface area contributed by atoms with E-state index in [-0.39, 0.29) is 17.2 Å². The van der Waals surface area contributed by atoms with Crippen molar-refractivity contribution in [2.24, 2.45) is 0 Å². The van der Waals surface area contributed by atoms with E-state index in [1.165, 1.54) is 6.26 Å². The number of ether oxygens (including phenoxy) is 1. The Bertz CT molecular complexity index is 324. The van der Waals surface area contributed by atoms with Gasteiger partial charge in [0, 0.05) is 23.9 Å². The number of aliphatic carboxylic acids is 1. The molecular formula is C16H29NO3. The number of piperidine rings is 1. The molecule has 1 rings (SSSR count). The fourth-order valence-corrected chi connectivity index (χ4v) is 3.34. The highest BCUT2D eigenvalue weighted by atomic mass is 16.5. The second kappa shape index (κ2) is 7.11. The topological polar surface area (TPSA) is 58.6 Å². The van der Waals surface area contributed by atoms with Crippen LogP contribution in [-0.4, -0.2) is 28.3 Å². The van der Waals surface area contributed by atoms with Crippen molar-refractivity contribution < 1.29 is 14.6 Å². The highest BCUT2D eigenvalue weighted by Crippen LogP contribution is 2.38. The Kier molecular flexibility index (Phi) is 6.06. The molecule has 116 valence electrons. The summed E-state index contributed by atoms with van der Waals surface area (Å²) in [7, 11) is 0. The standard InChI is InChI=1S/C16H29NO3/c1-5-15(6-2)11-13(20-10-9-14(18)19)12-16(7-3,8-4)17-15/h9-10,13,17H,5-8,11-12H2,1-4H3,(H,18,19). The molecule has 1 fully saturated rings. The quantitative estimate of drug-likeness (QED) is 0.555. The molecule has 0 aromatic rings. The molecule has 0 saturated carbocycles. The smallest absolute Gasteiger partial charge is 0.331 e. The molecule has 1 saturated heterocycles. The lowest BCUT2D eigenvalue weighted by molar-refractivity contribution is -0.131. The van der Waals surface area contributed by atoms with Crippen LogP contribution in [0.1, 0.15) is 66.2 Å². The lowest BCUT2D eigenvalue weighted by Gasteiger charge is -2.51. The van der Waals surface area contributed by atoms with Crippen LogP contribution in [-0.2, 0) is 9.53 Å². The molecular weight excluding hydrogens is 254 g/mol. The molecule has 0 radical (unpaired) electrons. The number of carbonyl (C=O) groups is 1. The minimum absolute atomic E-state index is 0.0895. The van der Waals surface area contributed by atoms with Gasteiger partial charge in [-0.2, -0.15) is 0 Å². The van der Waals surface area contributed by atoms with Crippen LogP contribution in [0.2, 0.25) is 0 Å². The molecule has 0 unspecified atom stereocenters. The zero-order valence-electron chi connectivity index (χ0n) is 13.2. The van der Waals surface area contributed by atoms with Crippen LogP contribution in [0.4, 0.5) is 0 Å². The van der Waals surface area contributed by atoms with E-state index in [9.17, 15) is 4.79 Å². The third kappa shape index (κ3) is 3.98. The van der Waals surface area contributed by atoms with Crippen molar-refractivity contribution in [1.29, 1.82) is 0 Å². The van der Waals surface area contributed by atoms with Gasteiger partial charge in [-0.15, -0.1) is 0 Å². The van der Waals surface area contributed by atoms with E-state index >= 15 is 0 Å². The highest BCUT2D eigenvalue weighted by molar-refractivity contribution is 5.79. The molecule has 0 aromatic carbocycles. The normalized spacial score (nSPS) is 22.0. The number of nitrogens with one attached hydrogen (secondary N) is 1. The minimum atomic E-state index is -0.964. The summed E-state index contributed by atoms with van der Waals surface area (Å²) < 4.78 is 5.71. The number of carboxylic acids is 1. The van der Waals surface area contributed by atoms with Crippen LogP contribution in [0.15, 0.2) is 12.3 Å². The summed E-state index contributed by atoms with van der Waals surface area (Å²) in [5, 5.41) is 12.5. The third-order valence-electron chi connectivity index (χ3n) is 4.96. The first-order valence-corrected chi connectivity index (χ1v) is 7.79. The van der Waals surface area contributed by atoms with Crippen LogP contribution >= 0.6 is 0 Å². The Labute approximate surface area is 122 Å². The number of rotatable bonds is 7. The van der Waals surface area contributed by atoms with E-state index in [0.717, 1.165) is 44.6 Å². The Balaban J connectivity index is 2.87. The van der Waals surface area contributed by atoms with Crippen molar-refractivity contribution >= 4 is 5.97 Å². The molecule has 0 atom stereocenters. The molecule has 4 heteroatoms. The monoisotopic (exact) mass is 283 g/mol. The lowest BCUT2D eigenvalue weighted by atomic mass is 9.72. The molecule has 0 aliphatic carbocycles. The van der Waals surface area contributed by atoms with Gasteiger partial charge in [0.05, 0.1) is 12.3 Å². The first kappa shape index (κ1) is 17.0. The molecule has 0 amide bonds. The summed E-state index contributed by atoms with van der Waals surface area (Å²) in [5.41, 5.74) is 0.206. The van der Waals surface area contributed by atoms with Crippen molar-refractivity contribution in [2.45, 2.75) is 83.4 Å². The van der Waals surface area contributed by atoms with E-state index in [0.29, 0.717) is 0 Å². The van der Waals surface area contributed by atoms with Gasteiger partial charge in [0.25, 0.3) is 0 Å². The zero-order chi connectivity index (χ0) is 15.2. The molecule has 1 heterocycles. The average molecular weight is 283 g/mol. The van der Waals surface area contributed by atoms with Gasteiger partial charge in [0.1, 0.15) is 6.10 Å². The van der Waals surface area contributed by atoms with E-state index < -0.39 is 5.97 Å². The zero-order valence-corrected chi connectivity index (χ0v) is 13.2. The van der Waals surface area contributed by atoms with Gasteiger partial charge in [-0.25, -0.2) is 4.79 Å². The summed E-state index contributed by atoms with van der Waals surface area (Å²) in [4.78, 5) is 10.5. The molecule has 1 aliphatic heterocycles. The summed E-state index contributed by atoms with van der Waals surface area (Å²) in [6.07, 6.45) is 8.62. The summed E-state index contributed by atoms with van der Waals surface area (Å²) in [6, 6.07) is 0. The Morgan fingerprint density at radius 2 is 1.60 bits per heavy atom. The largest absolute Gasteiger partial charge is 0.498 e. The van der Waals surface area contributed by atoms with Gasteiger partial charge < -0.3 is 15.2 Å². The summed E-state index contributed by atoms with van der Waals surface area (Å²) in [5.74, 6) is -0.964. The minimum Gasteiger partial charge on any atom is -0.498 e. The Hall–Kier alpha value is -1.03. The van der Waals surface area contributed by atoms with Crippen molar-refractivity contribution in [3.63, 3.8) is 0 Å². The molecule has 20 heavy (non-hydrogen) atoms. The van der Waals surface area contributed by atoms with Gasteiger partial charge in [0.15, 0.2) is 0 Å². The van der Waals surface area contributed by atoms with Crippen LogP contribution in [0, 0.1) is 0 Å². The SMILES string of the molecule is CCC1(CC)CC(OC=CC(=O)O)CC(CC)(CC)N1. The van der Waals surface area contributed by atoms with Gasteiger partial charge in [-0.1, -0.05) is 27.7 Å². The first-order valence-electron chi connectivity index (χ1n) is 7.79. The van der Waals surface area contributed by atoms with Crippen molar-refractivity contribution in [2.75, 3.05) is 0 Å². The second-order valence-corrected chi connectivity index (χ2v) is 5.91. The van der Waals surface area contributed by atoms with E-state index in [4.69, 9.17) is 9.84 Å². The predicted molar refractivity (Wildman–Crippen MR) is 80.6 cm³/mol. The molecule has 0 spiro atoms. The maximum atomic E-state index is 10.5. The molecule has 0 bridgehead atoms. The maximum absolute atomic E-state index is 10.5. The number of carboxylic acid groups (broad SMARTS) is 1. The molecule has 2 N–H and O–H groups in total. The van der Waals surface area contributed by atoms with E-state index in [2.05, 4.69) is 33.0 Å². The van der Waals surface area contributed by atoms with Gasteiger partial charge in [-0.05, 0) is 25.7 Å². The maximum Gasteiger partial charge on any atom is 0.331 e. The fourth-order valence-electron chi connectivity index (χ4n) is 3.34. The molecule has 1 aliphatic rings. The number of hydrogen-bond donors (Lipinski definition) is 2. The lowest BCUT2D eigenvalue weighted by Crippen LogP contribution is -2.63. The van der Waals surface area contributed by atoms with Crippen LogP contribution in [0.5, 0.6) is 0 Å². The Morgan fingerprint density at radius 3 is 1.95 bits per heavy atom. The Morgan fingerprint density at radius 1 is 1.15 bits per heavy atom. The van der Waals surface area contributed by atoms with Crippen LogP contribution < -0.4 is 5.32 Å². The highest BCUT2D eigenvalue weighted by Gasteiger charge is 2.44.